The van der Waals surface area contributed by atoms with Gasteiger partial charge in [0.05, 0.1) is 12.3 Å². The average Bonchev–Trinajstić information content (AvgIpc) is 2.66. The molecule has 0 N–H and O–H groups in total. The van der Waals surface area contributed by atoms with Crippen LogP contribution in [-0.4, -0.2) is 29.9 Å². The first-order valence-electron chi connectivity index (χ1n) is 8.58. The third-order valence-corrected chi connectivity index (χ3v) is 4.53. The predicted molar refractivity (Wildman–Crippen MR) is 92.8 cm³/mol. The number of benzene rings is 1. The normalized spacial score (nSPS) is 17.4. The minimum atomic E-state index is -0.281. The monoisotopic (exact) mass is 340 g/mol. The summed E-state index contributed by atoms with van der Waals surface area (Å²) >= 11 is 0. The molecule has 1 fully saturated rings. The molecular weight excluding hydrogens is 319 g/mol. The molecule has 0 bridgehead atoms. The van der Waals surface area contributed by atoms with Crippen LogP contribution in [0.1, 0.15) is 42.3 Å². The summed E-state index contributed by atoms with van der Waals surface area (Å²) in [6, 6.07) is 8.74. The summed E-state index contributed by atoms with van der Waals surface area (Å²) in [6.45, 7) is 5.67. The Hall–Kier alpha value is -2.52. The summed E-state index contributed by atoms with van der Waals surface area (Å²) in [5.74, 6) is 0.317. The van der Waals surface area contributed by atoms with E-state index >= 15 is 0 Å². The van der Waals surface area contributed by atoms with Crippen LogP contribution in [0.15, 0.2) is 24.3 Å². The highest BCUT2D eigenvalue weighted by atomic mass is 19.1. The van der Waals surface area contributed by atoms with Gasteiger partial charge in [0, 0.05) is 13.1 Å². The lowest BCUT2D eigenvalue weighted by atomic mass is 10.0. The van der Waals surface area contributed by atoms with Gasteiger partial charge in [0.25, 0.3) is 0 Å². The minimum absolute atomic E-state index is 0.256. The molecule has 1 aliphatic rings. The fourth-order valence-corrected chi connectivity index (χ4v) is 3.25. The molecule has 0 amide bonds. The maximum Gasteiger partial charge on any atom is 0.169 e. The molecule has 1 aliphatic heterocycles. The molecule has 0 spiro atoms. The molecule has 25 heavy (non-hydrogen) atoms. The van der Waals surface area contributed by atoms with Crippen LogP contribution < -0.4 is 4.90 Å². The third kappa shape index (κ3) is 3.47. The smallest absolute Gasteiger partial charge is 0.169 e. The van der Waals surface area contributed by atoms with Crippen molar-refractivity contribution in [3.8, 4) is 6.07 Å². The van der Waals surface area contributed by atoms with E-state index in [1.165, 1.54) is 12.1 Å². The van der Waals surface area contributed by atoms with E-state index in [1.54, 1.807) is 6.07 Å². The first-order chi connectivity index (χ1) is 12.2. The lowest BCUT2D eigenvalue weighted by Gasteiger charge is -2.34. The number of nitriles is 1. The second kappa shape index (κ2) is 7.58. The minimum Gasteiger partial charge on any atom is -0.370 e. The summed E-state index contributed by atoms with van der Waals surface area (Å²) in [5, 5.41) is 18.3. The summed E-state index contributed by atoms with van der Waals surface area (Å²) in [4.78, 5) is 2.02. The molecule has 5 nitrogen and oxygen atoms in total. The van der Waals surface area contributed by atoms with Gasteiger partial charge in [0.2, 0.25) is 0 Å². The molecule has 130 valence electrons. The van der Waals surface area contributed by atoms with Crippen LogP contribution in [0, 0.1) is 17.1 Å². The van der Waals surface area contributed by atoms with E-state index in [9.17, 15) is 9.65 Å². The Kier molecular flexibility index (Phi) is 5.25. The number of aromatic nitrogens is 2. The van der Waals surface area contributed by atoms with E-state index in [4.69, 9.17) is 4.74 Å². The van der Waals surface area contributed by atoms with E-state index < -0.39 is 0 Å². The van der Waals surface area contributed by atoms with Crippen molar-refractivity contribution in [1.82, 2.24) is 10.2 Å². The summed E-state index contributed by atoms with van der Waals surface area (Å²) in [7, 11) is 0. The van der Waals surface area contributed by atoms with Crippen LogP contribution in [0.25, 0.3) is 0 Å². The average molecular weight is 340 g/mol. The Balaban J connectivity index is 1.93. The first-order valence-corrected chi connectivity index (χ1v) is 8.58. The highest BCUT2D eigenvalue weighted by Gasteiger charge is 2.27. The number of anilines is 1. The zero-order chi connectivity index (χ0) is 17.8. The van der Waals surface area contributed by atoms with Crippen molar-refractivity contribution >= 4 is 5.82 Å². The Morgan fingerprint density at radius 2 is 2.16 bits per heavy atom. The Morgan fingerprint density at radius 1 is 1.32 bits per heavy atom. The van der Waals surface area contributed by atoms with Crippen molar-refractivity contribution in [2.24, 2.45) is 0 Å². The Labute approximate surface area is 147 Å². The molecule has 1 aromatic carbocycles. The number of nitrogens with zero attached hydrogens (tertiary/aromatic N) is 4. The second-order valence-corrected chi connectivity index (χ2v) is 6.00. The number of hydrogen-bond acceptors (Lipinski definition) is 5. The van der Waals surface area contributed by atoms with Gasteiger partial charge in [-0.25, -0.2) is 4.39 Å². The lowest BCUT2D eigenvalue weighted by molar-refractivity contribution is 0.0392. The van der Waals surface area contributed by atoms with Crippen molar-refractivity contribution in [2.45, 2.75) is 32.8 Å². The zero-order valence-corrected chi connectivity index (χ0v) is 14.5. The van der Waals surface area contributed by atoms with Crippen LogP contribution in [0.5, 0.6) is 0 Å². The summed E-state index contributed by atoms with van der Waals surface area (Å²) in [6.07, 6.45) is 1.24. The zero-order valence-electron chi connectivity index (χ0n) is 14.5. The van der Waals surface area contributed by atoms with E-state index in [0.29, 0.717) is 31.1 Å². The van der Waals surface area contributed by atoms with Crippen LogP contribution in [-0.2, 0) is 17.6 Å². The number of aryl methyl sites for hydroxylation is 1. The van der Waals surface area contributed by atoms with Gasteiger partial charge in [-0.2, -0.15) is 10.4 Å². The van der Waals surface area contributed by atoms with E-state index in [-0.39, 0.29) is 11.9 Å². The molecule has 2 aromatic rings. The van der Waals surface area contributed by atoms with Crippen molar-refractivity contribution in [3.63, 3.8) is 0 Å². The molecule has 1 atom stereocenters. The van der Waals surface area contributed by atoms with Gasteiger partial charge in [0.15, 0.2) is 5.82 Å². The number of ether oxygens (including phenoxy) is 1. The molecule has 3 rings (SSSR count). The van der Waals surface area contributed by atoms with Gasteiger partial charge in [-0.1, -0.05) is 26.0 Å². The molecule has 1 unspecified atom stereocenters. The fraction of sp³-hybridized carbons (Fsp3) is 0.421. The van der Waals surface area contributed by atoms with Crippen LogP contribution in [0.4, 0.5) is 10.2 Å². The largest absolute Gasteiger partial charge is 0.370 e. The fourth-order valence-electron chi connectivity index (χ4n) is 3.25. The number of halogens is 1. The van der Waals surface area contributed by atoms with Gasteiger partial charge in [-0.05, 0) is 36.1 Å². The first kappa shape index (κ1) is 17.3. The number of morpholine rings is 1. The SMILES string of the molecule is CCc1nnc(N2CCOC(c3cccc(F)c3)C2)c(C#N)c1CC. The number of rotatable bonds is 4. The molecular formula is C19H21FN4O. The molecule has 6 heteroatoms. The van der Waals surface area contributed by atoms with Crippen molar-refractivity contribution in [2.75, 3.05) is 24.6 Å². The van der Waals surface area contributed by atoms with E-state index in [2.05, 4.69) is 16.3 Å². The molecule has 0 radical (unpaired) electrons. The Morgan fingerprint density at radius 3 is 2.84 bits per heavy atom. The topological polar surface area (TPSA) is 62.0 Å². The molecule has 1 aromatic heterocycles. The van der Waals surface area contributed by atoms with Gasteiger partial charge < -0.3 is 9.64 Å². The quantitative estimate of drug-likeness (QED) is 0.855. The highest BCUT2D eigenvalue weighted by Crippen LogP contribution is 2.29. The third-order valence-electron chi connectivity index (χ3n) is 4.53. The van der Waals surface area contributed by atoms with Gasteiger partial charge in [-0.15, -0.1) is 5.10 Å². The van der Waals surface area contributed by atoms with Crippen LogP contribution in [0.2, 0.25) is 0 Å². The highest BCUT2D eigenvalue weighted by molar-refractivity contribution is 5.58. The number of hydrogen-bond donors (Lipinski definition) is 0. The molecule has 1 saturated heterocycles. The second-order valence-electron chi connectivity index (χ2n) is 6.00. The van der Waals surface area contributed by atoms with E-state index in [0.717, 1.165) is 29.7 Å². The lowest BCUT2D eigenvalue weighted by Crippen LogP contribution is -2.39. The summed E-state index contributed by atoms with van der Waals surface area (Å²) < 4.78 is 19.3. The maximum atomic E-state index is 13.5. The van der Waals surface area contributed by atoms with Crippen molar-refractivity contribution < 1.29 is 9.13 Å². The van der Waals surface area contributed by atoms with Gasteiger partial charge in [-0.3, -0.25) is 0 Å². The van der Waals surface area contributed by atoms with Crippen LogP contribution in [0.3, 0.4) is 0 Å². The molecule has 2 heterocycles. The van der Waals surface area contributed by atoms with Gasteiger partial charge >= 0.3 is 0 Å². The molecule has 0 aliphatic carbocycles. The standard InChI is InChI=1S/C19H21FN4O/c1-3-15-16(11-21)19(23-22-17(15)4-2)24-8-9-25-18(12-24)13-6-5-7-14(20)10-13/h5-7,10,18H,3-4,8-9,12H2,1-2H3. The van der Waals surface area contributed by atoms with Crippen molar-refractivity contribution in [3.05, 3.63) is 52.5 Å². The van der Waals surface area contributed by atoms with E-state index in [1.807, 2.05) is 24.8 Å². The van der Waals surface area contributed by atoms with Crippen molar-refractivity contribution in [1.29, 1.82) is 5.26 Å². The predicted octanol–water partition coefficient (Wildman–Crippen LogP) is 3.19. The summed E-state index contributed by atoms with van der Waals surface area (Å²) in [5.41, 5.74) is 3.22. The molecule has 0 saturated carbocycles. The Bertz CT molecular complexity index is 802. The van der Waals surface area contributed by atoms with Gasteiger partial charge in [0.1, 0.15) is 23.6 Å². The maximum absolute atomic E-state index is 13.5. The van der Waals surface area contributed by atoms with Crippen LogP contribution >= 0.6 is 0 Å².